The van der Waals surface area contributed by atoms with E-state index >= 15 is 0 Å². The fraction of sp³-hybridized carbons (Fsp3) is 0.0164. The number of fused-ring (bicyclic) bond motifs is 11. The van der Waals surface area contributed by atoms with Crippen molar-refractivity contribution in [2.75, 3.05) is 4.90 Å². The molecular formula is C61H43NOSi2. The van der Waals surface area contributed by atoms with Gasteiger partial charge in [0, 0.05) is 17.1 Å². The van der Waals surface area contributed by atoms with Gasteiger partial charge in [-0.2, -0.15) is 0 Å². The second-order valence-electron chi connectivity index (χ2n) is 17.5. The van der Waals surface area contributed by atoms with E-state index in [4.69, 9.17) is 4.74 Å². The monoisotopic (exact) mass is 861 g/mol. The third-order valence-corrected chi connectivity index (χ3v) is 23.2. The molecule has 2 aliphatic heterocycles. The molecule has 4 heteroatoms. The van der Waals surface area contributed by atoms with Crippen molar-refractivity contribution in [3.05, 3.63) is 277 Å². The minimum atomic E-state index is -2.90. The number of nitrogens with zero attached hydrogens (tertiary/aromatic N) is 1. The predicted octanol–water partition coefficient (Wildman–Crippen LogP) is 9.56. The second-order valence-corrected chi connectivity index (χ2v) is 23.9. The Kier molecular flexibility index (Phi) is 8.67. The zero-order chi connectivity index (χ0) is 43.0. The van der Waals surface area contributed by atoms with Gasteiger partial charge in [-0.05, 0) is 103 Å². The van der Waals surface area contributed by atoms with Gasteiger partial charge in [0.05, 0.1) is 5.41 Å². The zero-order valence-electron chi connectivity index (χ0n) is 35.7. The average Bonchev–Trinajstić information content (AvgIpc) is 3.68. The number of hydrogen-bond acceptors (Lipinski definition) is 2. The van der Waals surface area contributed by atoms with E-state index in [1.165, 1.54) is 69.7 Å². The van der Waals surface area contributed by atoms with Gasteiger partial charge in [0.15, 0.2) is 8.07 Å². The summed E-state index contributed by atoms with van der Waals surface area (Å²) in [5.74, 6) is 1.93. The average molecular weight is 862 g/mol. The maximum Gasteiger partial charge on any atom is 0.188 e. The summed E-state index contributed by atoms with van der Waals surface area (Å²) in [6.07, 6.45) is 0. The van der Waals surface area contributed by atoms with E-state index in [2.05, 4.69) is 260 Å². The molecule has 1 unspecified atom stereocenters. The third kappa shape index (κ3) is 5.45. The second kappa shape index (κ2) is 14.9. The lowest BCUT2D eigenvalue weighted by Crippen LogP contribution is -2.87. The molecule has 1 aliphatic carbocycles. The fourth-order valence-electron chi connectivity index (χ4n) is 11.8. The van der Waals surface area contributed by atoms with Gasteiger partial charge in [0.1, 0.15) is 20.3 Å². The van der Waals surface area contributed by atoms with E-state index in [9.17, 15) is 0 Å². The number of rotatable bonds is 6. The molecule has 0 amide bonds. The number of para-hydroxylation sites is 3. The van der Waals surface area contributed by atoms with Crippen LogP contribution in [0.2, 0.25) is 0 Å². The molecular weight excluding hydrogens is 819 g/mol. The Hall–Kier alpha value is -7.77. The summed E-state index contributed by atoms with van der Waals surface area (Å²) in [4.78, 5) is 2.50. The van der Waals surface area contributed by atoms with Gasteiger partial charge >= 0.3 is 0 Å². The summed E-state index contributed by atoms with van der Waals surface area (Å²) in [5, 5.41) is 9.98. The topological polar surface area (TPSA) is 12.5 Å². The minimum absolute atomic E-state index is 0.514. The zero-order valence-corrected chi connectivity index (χ0v) is 37.8. The van der Waals surface area contributed by atoms with Crippen molar-refractivity contribution in [1.29, 1.82) is 0 Å². The van der Waals surface area contributed by atoms with Crippen molar-refractivity contribution < 1.29 is 4.74 Å². The van der Waals surface area contributed by atoms with Crippen LogP contribution in [0.3, 0.4) is 0 Å². The van der Waals surface area contributed by atoms with Crippen LogP contribution in [-0.4, -0.2) is 16.9 Å². The Morgan fingerprint density at radius 3 is 1.52 bits per heavy atom. The van der Waals surface area contributed by atoms with E-state index in [0.29, 0.717) is 0 Å². The standard InChI is InChI=1S/C61H43NOSi2/c1-5-21-43(22-6-1)61(44-23-7-2-8-24-44)51-30-14-13-29-49(51)50-39-37-46(41-52(50)61)62(45-25-9-3-10-26-45)47-38-40-60-56(42-47)64(48-27-11-4-12-28-48)55-33-17-20-36-59(55)65(60)57-34-18-15-31-53(57)63-54-32-16-19-35-58(54)65/h1-42,64H. The molecule has 0 saturated heterocycles. The maximum atomic E-state index is 6.80. The SMILES string of the molecule is c1ccc(N(c2ccc3c(c2)[SiH](c2ccccc2)c2ccccc2[Si]32c3ccccc3Oc3ccccc32)c2ccc3c(c2)C(c2ccccc2)(c2ccccc2)c2ccccc2-3)cc1. The van der Waals surface area contributed by atoms with Crippen LogP contribution in [0, 0.1) is 0 Å². The van der Waals surface area contributed by atoms with Crippen LogP contribution in [0.1, 0.15) is 22.3 Å². The van der Waals surface area contributed by atoms with Crippen molar-refractivity contribution in [2.45, 2.75) is 5.41 Å². The summed E-state index contributed by atoms with van der Waals surface area (Å²) >= 11 is 0. The fourth-order valence-corrected chi connectivity index (χ4v) is 22.3. The molecule has 10 aromatic rings. The summed E-state index contributed by atoms with van der Waals surface area (Å²) in [6.45, 7) is 0. The molecule has 3 aliphatic rings. The molecule has 1 atom stereocenters. The quantitative estimate of drug-likeness (QED) is 0.155. The summed E-state index contributed by atoms with van der Waals surface area (Å²) in [5.41, 5.74) is 10.6. The number of ether oxygens (including phenoxy) is 1. The van der Waals surface area contributed by atoms with Crippen LogP contribution in [0.5, 0.6) is 11.5 Å². The number of benzene rings is 10. The van der Waals surface area contributed by atoms with Crippen LogP contribution in [0.4, 0.5) is 17.1 Å². The first-order valence-electron chi connectivity index (χ1n) is 22.6. The van der Waals surface area contributed by atoms with Crippen LogP contribution in [0.25, 0.3) is 11.1 Å². The van der Waals surface area contributed by atoms with Crippen LogP contribution in [0.15, 0.2) is 255 Å². The van der Waals surface area contributed by atoms with E-state index in [0.717, 1.165) is 28.6 Å². The summed E-state index contributed by atoms with van der Waals surface area (Å²) < 4.78 is 6.80. The van der Waals surface area contributed by atoms with Gasteiger partial charge in [0.2, 0.25) is 0 Å². The first kappa shape index (κ1) is 37.8. The lowest BCUT2D eigenvalue weighted by Gasteiger charge is -2.46. The first-order chi connectivity index (χ1) is 32.3. The van der Waals surface area contributed by atoms with E-state index in [-0.39, 0.29) is 0 Å². The molecule has 2 nitrogen and oxygen atoms in total. The molecule has 0 aromatic heterocycles. The third-order valence-electron chi connectivity index (χ3n) is 14.3. The Labute approximate surface area is 383 Å². The molecule has 0 bridgehead atoms. The molecule has 2 heterocycles. The highest BCUT2D eigenvalue weighted by molar-refractivity contribution is 7.27. The molecule has 306 valence electrons. The summed E-state index contributed by atoms with van der Waals surface area (Å²) in [6, 6.07) is 95.4. The molecule has 10 aromatic carbocycles. The van der Waals surface area contributed by atoms with Gasteiger partial charge in [-0.1, -0.05) is 222 Å². The minimum Gasteiger partial charge on any atom is -0.458 e. The van der Waals surface area contributed by atoms with Crippen molar-refractivity contribution >= 4 is 70.2 Å². The van der Waals surface area contributed by atoms with Gasteiger partial charge < -0.3 is 9.64 Å². The van der Waals surface area contributed by atoms with Crippen LogP contribution >= 0.6 is 0 Å². The van der Waals surface area contributed by atoms with E-state index < -0.39 is 22.3 Å². The molecule has 13 rings (SSSR count). The van der Waals surface area contributed by atoms with Crippen LogP contribution < -0.4 is 45.9 Å². The largest absolute Gasteiger partial charge is 0.458 e. The predicted molar refractivity (Wildman–Crippen MR) is 275 cm³/mol. The summed E-state index contributed by atoms with van der Waals surface area (Å²) in [7, 11) is -4.95. The van der Waals surface area contributed by atoms with Crippen molar-refractivity contribution in [1.82, 2.24) is 0 Å². The Bertz CT molecular complexity index is 3340. The Morgan fingerprint density at radius 1 is 0.354 bits per heavy atom. The van der Waals surface area contributed by atoms with Crippen molar-refractivity contribution in [3.63, 3.8) is 0 Å². The van der Waals surface area contributed by atoms with Gasteiger partial charge in [-0.25, -0.2) is 0 Å². The molecule has 0 saturated carbocycles. The van der Waals surface area contributed by atoms with Gasteiger partial charge in [-0.15, -0.1) is 0 Å². The number of hydrogen-bond donors (Lipinski definition) is 0. The molecule has 0 radical (unpaired) electrons. The van der Waals surface area contributed by atoms with Crippen molar-refractivity contribution in [3.8, 4) is 22.6 Å². The first-order valence-corrected chi connectivity index (χ1v) is 26.4. The highest BCUT2D eigenvalue weighted by Gasteiger charge is 2.54. The smallest absolute Gasteiger partial charge is 0.188 e. The Balaban J connectivity index is 1.10. The highest BCUT2D eigenvalue weighted by Crippen LogP contribution is 2.57. The molecule has 0 N–H and O–H groups in total. The molecule has 1 spiro atoms. The van der Waals surface area contributed by atoms with E-state index in [1.54, 1.807) is 0 Å². The molecule has 65 heavy (non-hydrogen) atoms. The van der Waals surface area contributed by atoms with E-state index in [1.807, 2.05) is 0 Å². The van der Waals surface area contributed by atoms with Crippen molar-refractivity contribution in [2.24, 2.45) is 0 Å². The maximum absolute atomic E-state index is 6.80. The highest BCUT2D eigenvalue weighted by atomic mass is 28.3. The number of anilines is 3. The molecule has 0 fully saturated rings. The van der Waals surface area contributed by atoms with Gasteiger partial charge in [0.25, 0.3) is 0 Å². The Morgan fingerprint density at radius 2 is 0.846 bits per heavy atom. The normalized spacial score (nSPS) is 15.3. The van der Waals surface area contributed by atoms with Crippen LogP contribution in [-0.2, 0) is 5.41 Å². The lowest BCUT2D eigenvalue weighted by atomic mass is 9.67. The van der Waals surface area contributed by atoms with Gasteiger partial charge in [-0.3, -0.25) is 0 Å². The lowest BCUT2D eigenvalue weighted by molar-refractivity contribution is 0.487.